The number of fused-ring (bicyclic) bond motifs is 3. The minimum absolute atomic E-state index is 0.671. The maximum absolute atomic E-state index is 11.2. The predicted molar refractivity (Wildman–Crippen MR) is 141 cm³/mol. The number of rotatable bonds is 5. The molecule has 3 nitrogen and oxygen atoms in total. The standard InChI is InChI=1S/C31H22N2O/c34-22-23-15-17-26(18-16-23)33-30-14-8-7-13-28(30)29-20-19-27(21-31(29)33)32(24-9-3-1-4-10-24)25-11-5-2-6-12-25/h1-22H. The third-order valence-corrected chi connectivity index (χ3v) is 6.23. The Morgan fingerprint density at radius 3 is 1.76 bits per heavy atom. The van der Waals surface area contributed by atoms with E-state index in [1.54, 1.807) is 0 Å². The van der Waals surface area contributed by atoms with Crippen LogP contribution in [0.3, 0.4) is 0 Å². The van der Waals surface area contributed by atoms with Crippen molar-refractivity contribution in [1.29, 1.82) is 0 Å². The van der Waals surface area contributed by atoms with E-state index in [1.807, 2.05) is 36.4 Å². The molecule has 1 heterocycles. The number of aldehydes is 1. The fourth-order valence-electron chi connectivity index (χ4n) is 4.68. The first kappa shape index (κ1) is 20.0. The number of nitrogens with zero attached hydrogens (tertiary/aromatic N) is 2. The second-order valence-electron chi connectivity index (χ2n) is 8.27. The van der Waals surface area contributed by atoms with Crippen LogP contribution in [0.15, 0.2) is 127 Å². The zero-order chi connectivity index (χ0) is 22.9. The second-order valence-corrected chi connectivity index (χ2v) is 8.27. The normalized spacial score (nSPS) is 11.1. The van der Waals surface area contributed by atoms with Gasteiger partial charge in [0.05, 0.1) is 11.0 Å². The number of anilines is 3. The number of benzene rings is 5. The van der Waals surface area contributed by atoms with Crippen molar-refractivity contribution in [2.24, 2.45) is 0 Å². The highest BCUT2D eigenvalue weighted by Crippen LogP contribution is 2.39. The highest BCUT2D eigenvalue weighted by atomic mass is 16.1. The Morgan fingerprint density at radius 1 is 0.529 bits per heavy atom. The maximum Gasteiger partial charge on any atom is 0.150 e. The summed E-state index contributed by atoms with van der Waals surface area (Å²) in [6, 6.07) is 43.7. The maximum atomic E-state index is 11.2. The van der Waals surface area contributed by atoms with Gasteiger partial charge in [-0.05, 0) is 66.7 Å². The largest absolute Gasteiger partial charge is 0.310 e. The van der Waals surface area contributed by atoms with Crippen molar-refractivity contribution in [1.82, 2.24) is 4.57 Å². The topological polar surface area (TPSA) is 25.2 Å². The van der Waals surface area contributed by atoms with E-state index < -0.39 is 0 Å². The first-order valence-corrected chi connectivity index (χ1v) is 11.3. The van der Waals surface area contributed by atoms with Crippen molar-refractivity contribution in [3.8, 4) is 5.69 Å². The Balaban J connectivity index is 1.62. The van der Waals surface area contributed by atoms with Gasteiger partial charge >= 0.3 is 0 Å². The van der Waals surface area contributed by atoms with Crippen LogP contribution in [0.1, 0.15) is 10.4 Å². The van der Waals surface area contributed by atoms with Gasteiger partial charge < -0.3 is 9.47 Å². The highest BCUT2D eigenvalue weighted by Gasteiger charge is 2.17. The average molecular weight is 439 g/mol. The monoisotopic (exact) mass is 438 g/mol. The summed E-state index contributed by atoms with van der Waals surface area (Å²) in [7, 11) is 0. The van der Waals surface area contributed by atoms with Gasteiger partial charge in [0.2, 0.25) is 0 Å². The average Bonchev–Trinajstić information content (AvgIpc) is 3.24. The van der Waals surface area contributed by atoms with E-state index in [0.29, 0.717) is 5.56 Å². The zero-order valence-electron chi connectivity index (χ0n) is 18.5. The predicted octanol–water partition coefficient (Wildman–Crippen LogP) is 8.07. The Hall–Kier alpha value is -4.63. The molecule has 0 radical (unpaired) electrons. The number of para-hydroxylation sites is 3. The SMILES string of the molecule is O=Cc1ccc(-n2c3ccccc3c3ccc(N(c4ccccc4)c4ccccc4)cc32)cc1. The number of carbonyl (C=O) groups excluding carboxylic acids is 1. The van der Waals surface area contributed by atoms with E-state index in [-0.39, 0.29) is 0 Å². The lowest BCUT2D eigenvalue weighted by atomic mass is 10.1. The molecular formula is C31H22N2O. The van der Waals surface area contributed by atoms with Gasteiger partial charge in [0.15, 0.2) is 0 Å². The highest BCUT2D eigenvalue weighted by molar-refractivity contribution is 6.10. The molecule has 0 spiro atoms. The molecule has 0 saturated carbocycles. The van der Waals surface area contributed by atoms with Crippen LogP contribution in [0.4, 0.5) is 17.1 Å². The number of carbonyl (C=O) groups is 1. The lowest BCUT2D eigenvalue weighted by Gasteiger charge is -2.25. The molecule has 0 aliphatic rings. The summed E-state index contributed by atoms with van der Waals surface area (Å²) in [6.45, 7) is 0. The van der Waals surface area contributed by atoms with Gasteiger partial charge in [-0.3, -0.25) is 4.79 Å². The van der Waals surface area contributed by atoms with E-state index in [1.165, 1.54) is 10.8 Å². The first-order chi connectivity index (χ1) is 16.8. The molecule has 0 aliphatic carbocycles. The summed E-state index contributed by atoms with van der Waals surface area (Å²) in [5.41, 5.74) is 7.24. The summed E-state index contributed by atoms with van der Waals surface area (Å²) >= 11 is 0. The summed E-state index contributed by atoms with van der Waals surface area (Å²) in [6.07, 6.45) is 0.880. The van der Waals surface area contributed by atoms with Crippen molar-refractivity contribution >= 4 is 45.2 Å². The Bertz CT molecular complexity index is 1560. The van der Waals surface area contributed by atoms with Crippen LogP contribution < -0.4 is 4.90 Å². The number of hydrogen-bond donors (Lipinski definition) is 0. The van der Waals surface area contributed by atoms with Crippen LogP contribution in [0.25, 0.3) is 27.5 Å². The van der Waals surface area contributed by atoms with Crippen LogP contribution in [-0.2, 0) is 0 Å². The minimum atomic E-state index is 0.671. The van der Waals surface area contributed by atoms with Gasteiger partial charge in [-0.1, -0.05) is 60.7 Å². The molecule has 0 saturated heterocycles. The molecule has 0 atom stereocenters. The smallest absolute Gasteiger partial charge is 0.150 e. The van der Waals surface area contributed by atoms with Crippen LogP contribution in [0.2, 0.25) is 0 Å². The molecule has 0 N–H and O–H groups in total. The van der Waals surface area contributed by atoms with Gasteiger partial charge in [0.25, 0.3) is 0 Å². The van der Waals surface area contributed by atoms with E-state index >= 15 is 0 Å². The molecular weight excluding hydrogens is 416 g/mol. The van der Waals surface area contributed by atoms with Crippen LogP contribution >= 0.6 is 0 Å². The molecule has 3 heteroatoms. The van der Waals surface area contributed by atoms with E-state index in [4.69, 9.17) is 0 Å². The fraction of sp³-hybridized carbons (Fsp3) is 0. The van der Waals surface area contributed by atoms with Gasteiger partial charge in [0, 0.05) is 39.1 Å². The molecule has 0 aliphatic heterocycles. The van der Waals surface area contributed by atoms with E-state index in [0.717, 1.165) is 40.1 Å². The molecule has 0 unspecified atom stereocenters. The summed E-state index contributed by atoms with van der Waals surface area (Å²) in [5.74, 6) is 0. The number of hydrogen-bond acceptors (Lipinski definition) is 2. The van der Waals surface area contributed by atoms with Crippen molar-refractivity contribution < 1.29 is 4.79 Å². The quantitative estimate of drug-likeness (QED) is 0.254. The molecule has 6 rings (SSSR count). The van der Waals surface area contributed by atoms with Crippen molar-refractivity contribution in [3.63, 3.8) is 0 Å². The summed E-state index contributed by atoms with van der Waals surface area (Å²) < 4.78 is 2.27. The van der Waals surface area contributed by atoms with Crippen LogP contribution in [-0.4, -0.2) is 10.9 Å². The first-order valence-electron chi connectivity index (χ1n) is 11.3. The molecule has 1 aromatic heterocycles. The lowest BCUT2D eigenvalue weighted by Crippen LogP contribution is -2.09. The molecule has 162 valence electrons. The molecule has 5 aromatic carbocycles. The van der Waals surface area contributed by atoms with E-state index in [2.05, 4.69) is 100 Å². The number of aromatic nitrogens is 1. The Labute approximate surface area is 198 Å². The Kier molecular flexibility index (Phi) is 4.93. The molecule has 0 fully saturated rings. The van der Waals surface area contributed by atoms with Gasteiger partial charge in [-0.2, -0.15) is 0 Å². The van der Waals surface area contributed by atoms with Crippen molar-refractivity contribution in [3.05, 3.63) is 133 Å². The van der Waals surface area contributed by atoms with Crippen molar-refractivity contribution in [2.45, 2.75) is 0 Å². The third kappa shape index (κ3) is 3.35. The fourth-order valence-corrected chi connectivity index (χ4v) is 4.68. The van der Waals surface area contributed by atoms with Crippen LogP contribution in [0, 0.1) is 0 Å². The third-order valence-electron chi connectivity index (χ3n) is 6.23. The van der Waals surface area contributed by atoms with Crippen molar-refractivity contribution in [2.75, 3.05) is 4.90 Å². The summed E-state index contributed by atoms with van der Waals surface area (Å²) in [4.78, 5) is 13.5. The van der Waals surface area contributed by atoms with E-state index in [9.17, 15) is 4.79 Å². The molecule has 6 aromatic rings. The minimum Gasteiger partial charge on any atom is -0.310 e. The van der Waals surface area contributed by atoms with Crippen LogP contribution in [0.5, 0.6) is 0 Å². The lowest BCUT2D eigenvalue weighted by molar-refractivity contribution is 0.112. The molecule has 0 bridgehead atoms. The second kappa shape index (κ2) is 8.38. The Morgan fingerprint density at radius 2 is 1.12 bits per heavy atom. The van der Waals surface area contributed by atoms with Gasteiger partial charge in [-0.15, -0.1) is 0 Å². The molecule has 0 amide bonds. The van der Waals surface area contributed by atoms with Gasteiger partial charge in [-0.25, -0.2) is 0 Å². The van der Waals surface area contributed by atoms with Gasteiger partial charge in [0.1, 0.15) is 6.29 Å². The zero-order valence-corrected chi connectivity index (χ0v) is 18.5. The summed E-state index contributed by atoms with van der Waals surface area (Å²) in [5, 5.41) is 2.40. The molecule has 34 heavy (non-hydrogen) atoms.